The second-order valence-electron chi connectivity index (χ2n) is 4.40. The predicted molar refractivity (Wildman–Crippen MR) is 93.6 cm³/mol. The summed E-state index contributed by atoms with van der Waals surface area (Å²) >= 11 is 0.604. The number of rotatable bonds is 15. The van der Waals surface area contributed by atoms with Crippen LogP contribution in [0.1, 0.15) is 38.5 Å². The summed E-state index contributed by atoms with van der Waals surface area (Å²) in [5.41, 5.74) is 0. The summed E-state index contributed by atoms with van der Waals surface area (Å²) in [4.78, 5) is 0. The SMILES string of the molecule is O=S(O)CCCCSCCCCSCCCCS(=O)O. The van der Waals surface area contributed by atoms with E-state index in [0.29, 0.717) is 11.5 Å². The van der Waals surface area contributed by atoms with Crippen LogP contribution in [-0.4, -0.2) is 52.0 Å². The first kappa shape index (κ1) is 20.9. The van der Waals surface area contributed by atoms with Crippen molar-refractivity contribution in [3.05, 3.63) is 0 Å². The van der Waals surface area contributed by atoms with Crippen molar-refractivity contribution in [2.24, 2.45) is 0 Å². The molecule has 0 radical (unpaired) electrons. The van der Waals surface area contributed by atoms with Gasteiger partial charge in [-0.15, -0.1) is 0 Å². The van der Waals surface area contributed by atoms with Gasteiger partial charge in [0, 0.05) is 11.5 Å². The van der Waals surface area contributed by atoms with Crippen LogP contribution < -0.4 is 0 Å². The molecule has 4 nitrogen and oxygen atoms in total. The Morgan fingerprint density at radius 1 is 0.600 bits per heavy atom. The van der Waals surface area contributed by atoms with E-state index >= 15 is 0 Å². The molecule has 0 aliphatic heterocycles. The average Bonchev–Trinajstić information content (AvgIpc) is 2.38. The largest absolute Gasteiger partial charge is 0.306 e. The van der Waals surface area contributed by atoms with Crippen LogP contribution in [0, 0.1) is 0 Å². The summed E-state index contributed by atoms with van der Waals surface area (Å²) in [5.74, 6) is 5.33. The fourth-order valence-corrected chi connectivity index (χ4v) is 4.42. The minimum Gasteiger partial charge on any atom is -0.306 e. The summed E-state index contributed by atoms with van der Waals surface area (Å²) < 4.78 is 38.0. The standard InChI is InChI=1S/C12H26O4S4/c13-19(14)11-5-3-9-17-7-1-2-8-18-10-4-6-12-20(15)16/h1-12H2,(H,13,14)(H,15,16). The van der Waals surface area contributed by atoms with Crippen molar-refractivity contribution in [3.8, 4) is 0 Å². The average molecular weight is 363 g/mol. The monoisotopic (exact) mass is 362 g/mol. The second kappa shape index (κ2) is 16.3. The van der Waals surface area contributed by atoms with Crippen LogP contribution in [0.2, 0.25) is 0 Å². The minimum atomic E-state index is -1.63. The molecule has 0 fully saturated rings. The molecule has 20 heavy (non-hydrogen) atoms. The van der Waals surface area contributed by atoms with Gasteiger partial charge in [-0.1, -0.05) is 0 Å². The molecule has 0 aromatic carbocycles. The summed E-state index contributed by atoms with van der Waals surface area (Å²) in [7, 11) is 0. The molecule has 0 aliphatic carbocycles. The van der Waals surface area contributed by atoms with Crippen molar-refractivity contribution in [3.63, 3.8) is 0 Å². The van der Waals surface area contributed by atoms with Crippen molar-refractivity contribution >= 4 is 45.7 Å². The van der Waals surface area contributed by atoms with Crippen LogP contribution in [-0.2, 0) is 22.2 Å². The molecule has 2 atom stereocenters. The number of thioether (sulfide) groups is 2. The van der Waals surface area contributed by atoms with E-state index in [2.05, 4.69) is 0 Å². The highest BCUT2D eigenvalue weighted by Gasteiger charge is 1.96. The lowest BCUT2D eigenvalue weighted by Crippen LogP contribution is -1.96. The summed E-state index contributed by atoms with van der Waals surface area (Å²) in [6.07, 6.45) is 6.18. The first-order valence-electron chi connectivity index (χ1n) is 6.93. The lowest BCUT2D eigenvalue weighted by atomic mass is 10.4. The van der Waals surface area contributed by atoms with E-state index < -0.39 is 22.2 Å². The molecule has 0 rings (SSSR count). The summed E-state index contributed by atoms with van der Waals surface area (Å²) in [6.45, 7) is 0. The summed E-state index contributed by atoms with van der Waals surface area (Å²) in [6, 6.07) is 0. The number of hydrogen-bond acceptors (Lipinski definition) is 4. The molecule has 2 N–H and O–H groups in total. The maximum atomic E-state index is 10.4. The lowest BCUT2D eigenvalue weighted by molar-refractivity contribution is 0.560. The molecule has 0 saturated carbocycles. The van der Waals surface area contributed by atoms with Crippen molar-refractivity contribution < 1.29 is 17.5 Å². The summed E-state index contributed by atoms with van der Waals surface area (Å²) in [5, 5.41) is 0. The molecule has 2 unspecified atom stereocenters. The van der Waals surface area contributed by atoms with E-state index in [-0.39, 0.29) is 0 Å². The van der Waals surface area contributed by atoms with Crippen molar-refractivity contribution in [2.75, 3.05) is 34.5 Å². The van der Waals surface area contributed by atoms with Gasteiger partial charge in [0.15, 0.2) is 22.2 Å². The van der Waals surface area contributed by atoms with E-state index in [1.807, 2.05) is 23.5 Å². The van der Waals surface area contributed by atoms with Gasteiger partial charge in [-0.05, 0) is 61.5 Å². The maximum Gasteiger partial charge on any atom is 0.152 e. The minimum absolute atomic E-state index is 0.404. The quantitative estimate of drug-likeness (QED) is 0.344. The van der Waals surface area contributed by atoms with E-state index in [4.69, 9.17) is 9.11 Å². The first-order chi connectivity index (χ1) is 9.63. The highest BCUT2D eigenvalue weighted by Crippen LogP contribution is 2.12. The zero-order chi connectivity index (χ0) is 15.1. The van der Waals surface area contributed by atoms with Crippen LogP contribution in [0.4, 0.5) is 0 Å². The van der Waals surface area contributed by atoms with E-state index in [0.717, 1.165) is 37.2 Å². The third-order valence-electron chi connectivity index (χ3n) is 2.54. The third-order valence-corrected chi connectivity index (χ3v) is 6.13. The molecule has 122 valence electrons. The Morgan fingerprint density at radius 2 is 0.900 bits per heavy atom. The van der Waals surface area contributed by atoms with Crippen molar-refractivity contribution in [2.45, 2.75) is 38.5 Å². The second-order valence-corrected chi connectivity index (χ2v) is 8.95. The molecule has 0 aromatic heterocycles. The van der Waals surface area contributed by atoms with Crippen LogP contribution in [0.3, 0.4) is 0 Å². The van der Waals surface area contributed by atoms with Crippen LogP contribution in [0.5, 0.6) is 0 Å². The Morgan fingerprint density at radius 3 is 1.20 bits per heavy atom. The maximum absolute atomic E-state index is 10.4. The Labute approximate surface area is 136 Å². The van der Waals surface area contributed by atoms with Crippen molar-refractivity contribution in [1.29, 1.82) is 0 Å². The zero-order valence-electron chi connectivity index (χ0n) is 11.8. The van der Waals surface area contributed by atoms with Gasteiger partial charge in [0.05, 0.1) is 0 Å². The normalized spacial score (nSPS) is 14.3. The number of unbranched alkanes of at least 4 members (excludes halogenated alkanes) is 3. The molecule has 0 amide bonds. The van der Waals surface area contributed by atoms with Crippen molar-refractivity contribution in [1.82, 2.24) is 0 Å². The molecule has 0 bridgehead atoms. The first-order valence-corrected chi connectivity index (χ1v) is 11.8. The van der Waals surface area contributed by atoms with Crippen LogP contribution in [0.15, 0.2) is 0 Å². The Hall–Kier alpha value is 0.920. The van der Waals surface area contributed by atoms with E-state index in [9.17, 15) is 8.42 Å². The third kappa shape index (κ3) is 18.9. The number of hydrogen-bond donors (Lipinski definition) is 2. The van der Waals surface area contributed by atoms with E-state index in [1.165, 1.54) is 24.3 Å². The van der Waals surface area contributed by atoms with Gasteiger partial charge >= 0.3 is 0 Å². The van der Waals surface area contributed by atoms with Gasteiger partial charge in [0.2, 0.25) is 0 Å². The highest BCUT2D eigenvalue weighted by molar-refractivity contribution is 7.99. The Kier molecular flexibility index (Phi) is 17.0. The highest BCUT2D eigenvalue weighted by atomic mass is 32.2. The molecule has 0 aromatic rings. The van der Waals surface area contributed by atoms with E-state index in [1.54, 1.807) is 0 Å². The fourth-order valence-electron chi connectivity index (χ4n) is 1.47. The van der Waals surface area contributed by atoms with Gasteiger partial charge < -0.3 is 9.11 Å². The molecule has 0 aliphatic rings. The molecular weight excluding hydrogens is 336 g/mol. The zero-order valence-corrected chi connectivity index (χ0v) is 15.1. The molecule has 0 spiro atoms. The van der Waals surface area contributed by atoms with Crippen LogP contribution in [0.25, 0.3) is 0 Å². The lowest BCUT2D eigenvalue weighted by Gasteiger charge is -2.02. The molecule has 8 heteroatoms. The Balaban J connectivity index is 2.99. The van der Waals surface area contributed by atoms with Crippen LogP contribution >= 0.6 is 23.5 Å². The van der Waals surface area contributed by atoms with Gasteiger partial charge in [-0.25, -0.2) is 8.42 Å². The van der Waals surface area contributed by atoms with Gasteiger partial charge in [-0.2, -0.15) is 23.5 Å². The Bertz CT molecular complexity index is 238. The van der Waals surface area contributed by atoms with Gasteiger partial charge in [0.1, 0.15) is 0 Å². The fraction of sp³-hybridized carbons (Fsp3) is 1.00. The molecular formula is C12H26O4S4. The molecule has 0 heterocycles. The predicted octanol–water partition coefficient (Wildman–Crippen LogP) is 3.24. The smallest absolute Gasteiger partial charge is 0.152 e. The topological polar surface area (TPSA) is 74.6 Å². The van der Waals surface area contributed by atoms with Gasteiger partial charge in [0.25, 0.3) is 0 Å². The molecule has 0 saturated heterocycles. The van der Waals surface area contributed by atoms with Gasteiger partial charge in [-0.3, -0.25) is 0 Å².